The Balaban J connectivity index is 2.20. The molecule has 0 bridgehead atoms. The third-order valence-corrected chi connectivity index (χ3v) is 3.96. The summed E-state index contributed by atoms with van der Waals surface area (Å²) in [5, 5.41) is 9.06. The second-order valence-electron chi connectivity index (χ2n) is 5.31. The maximum absolute atomic E-state index is 12.9. The third-order valence-electron chi connectivity index (χ3n) is 3.96. The Hall–Kier alpha value is -1.85. The smallest absolute Gasteiger partial charge is 0.417 e. The van der Waals surface area contributed by atoms with Crippen LogP contribution in [0.25, 0.3) is 0 Å². The van der Waals surface area contributed by atoms with Gasteiger partial charge in [-0.05, 0) is 24.8 Å². The fraction of sp³-hybridized carbons (Fsp3) is 0.467. The Morgan fingerprint density at radius 2 is 1.86 bits per heavy atom. The molecule has 21 heavy (non-hydrogen) atoms. The highest BCUT2D eigenvalue weighted by Gasteiger charge is 2.38. The maximum Gasteiger partial charge on any atom is 0.417 e. The molecule has 1 aromatic carbocycles. The van der Waals surface area contributed by atoms with Crippen molar-refractivity contribution in [3.05, 3.63) is 35.4 Å². The Morgan fingerprint density at radius 3 is 2.48 bits per heavy atom. The Kier molecular flexibility index (Phi) is 4.34. The van der Waals surface area contributed by atoms with Gasteiger partial charge in [-0.3, -0.25) is 9.59 Å². The first-order valence-electron chi connectivity index (χ1n) is 6.73. The molecule has 1 N–H and O–H groups in total. The van der Waals surface area contributed by atoms with Crippen molar-refractivity contribution in [1.29, 1.82) is 0 Å². The van der Waals surface area contributed by atoms with E-state index in [0.717, 1.165) is 12.1 Å². The van der Waals surface area contributed by atoms with Gasteiger partial charge in [0.2, 0.25) is 0 Å². The van der Waals surface area contributed by atoms with E-state index in [4.69, 9.17) is 5.11 Å². The van der Waals surface area contributed by atoms with Crippen molar-refractivity contribution in [2.45, 2.75) is 31.9 Å². The molecule has 2 atom stereocenters. The van der Waals surface area contributed by atoms with E-state index in [1.807, 2.05) is 0 Å². The molecule has 1 aliphatic rings. The zero-order valence-electron chi connectivity index (χ0n) is 11.2. The van der Waals surface area contributed by atoms with Crippen molar-refractivity contribution < 1.29 is 27.9 Å². The van der Waals surface area contributed by atoms with Gasteiger partial charge in [-0.15, -0.1) is 0 Å². The van der Waals surface area contributed by atoms with Crippen LogP contribution in [0.4, 0.5) is 13.2 Å². The van der Waals surface area contributed by atoms with Crippen LogP contribution >= 0.6 is 0 Å². The Morgan fingerprint density at radius 1 is 1.19 bits per heavy atom. The molecule has 0 aliphatic heterocycles. The van der Waals surface area contributed by atoms with E-state index in [0.29, 0.717) is 19.3 Å². The number of rotatable bonds is 4. The van der Waals surface area contributed by atoms with Crippen molar-refractivity contribution in [3.8, 4) is 0 Å². The highest BCUT2D eigenvalue weighted by atomic mass is 19.4. The van der Waals surface area contributed by atoms with Gasteiger partial charge in [0.15, 0.2) is 5.78 Å². The standard InChI is InChI=1S/C15H15F3O3/c16-15(17,18)12-7-2-1-5-11(12)13(19)8-9-4-3-6-10(9)14(20)21/h1-2,5,7,9-10H,3-4,6,8H2,(H,20,21)/t9-,10+/m1/s1. The first-order valence-corrected chi connectivity index (χ1v) is 6.73. The second kappa shape index (κ2) is 5.87. The van der Waals surface area contributed by atoms with E-state index < -0.39 is 29.4 Å². The molecule has 0 aromatic heterocycles. The normalized spacial score (nSPS) is 22.2. The average molecular weight is 300 g/mol. The number of benzene rings is 1. The zero-order chi connectivity index (χ0) is 15.6. The number of carbonyl (C=O) groups excluding carboxylic acids is 1. The summed E-state index contributed by atoms with van der Waals surface area (Å²) < 4.78 is 38.6. The summed E-state index contributed by atoms with van der Waals surface area (Å²) in [6.07, 6.45) is -3.00. The minimum absolute atomic E-state index is 0.149. The maximum atomic E-state index is 12.9. The quantitative estimate of drug-likeness (QED) is 0.861. The molecule has 0 heterocycles. The lowest BCUT2D eigenvalue weighted by atomic mass is 9.88. The molecule has 6 heteroatoms. The molecule has 1 fully saturated rings. The van der Waals surface area contributed by atoms with Crippen molar-refractivity contribution in [2.75, 3.05) is 0 Å². The number of carbonyl (C=O) groups is 2. The molecule has 0 amide bonds. The fourth-order valence-electron chi connectivity index (χ4n) is 2.93. The lowest BCUT2D eigenvalue weighted by molar-refractivity contribution is -0.143. The number of carboxylic acid groups (broad SMARTS) is 1. The van der Waals surface area contributed by atoms with Gasteiger partial charge < -0.3 is 5.11 Å². The molecule has 114 valence electrons. The van der Waals surface area contributed by atoms with Gasteiger partial charge in [0.25, 0.3) is 0 Å². The first-order chi connectivity index (χ1) is 9.80. The Labute approximate surface area is 119 Å². The number of hydrogen-bond donors (Lipinski definition) is 1. The number of halogens is 3. The number of hydrogen-bond acceptors (Lipinski definition) is 2. The minimum Gasteiger partial charge on any atom is -0.481 e. The molecule has 1 aromatic rings. The van der Waals surface area contributed by atoms with Crippen molar-refractivity contribution in [2.24, 2.45) is 11.8 Å². The first kappa shape index (κ1) is 15.5. The number of ketones is 1. The van der Waals surface area contributed by atoms with Crippen molar-refractivity contribution >= 4 is 11.8 Å². The summed E-state index contributed by atoms with van der Waals surface area (Å²) in [6, 6.07) is 4.63. The SMILES string of the molecule is O=C(C[C@H]1CCC[C@@H]1C(=O)O)c1ccccc1C(F)(F)F. The van der Waals surface area contributed by atoms with Crippen LogP contribution in [0.1, 0.15) is 41.6 Å². The van der Waals surface area contributed by atoms with Gasteiger partial charge >= 0.3 is 12.1 Å². The minimum atomic E-state index is -4.59. The van der Waals surface area contributed by atoms with Gasteiger partial charge in [-0.1, -0.05) is 24.6 Å². The summed E-state index contributed by atoms with van der Waals surface area (Å²) in [5.41, 5.74) is -1.33. The van der Waals surface area contributed by atoms with Gasteiger partial charge in [0.1, 0.15) is 0 Å². The molecular formula is C15H15F3O3. The summed E-state index contributed by atoms with van der Waals surface area (Å²) in [6.45, 7) is 0. The van der Waals surface area contributed by atoms with Gasteiger partial charge in [0.05, 0.1) is 11.5 Å². The molecular weight excluding hydrogens is 285 g/mol. The fourth-order valence-corrected chi connectivity index (χ4v) is 2.93. The molecule has 1 aliphatic carbocycles. The summed E-state index contributed by atoms with van der Waals surface area (Å²) in [7, 11) is 0. The molecule has 1 saturated carbocycles. The van der Waals surface area contributed by atoms with E-state index in [-0.39, 0.29) is 17.9 Å². The lowest BCUT2D eigenvalue weighted by Gasteiger charge is -2.16. The van der Waals surface area contributed by atoms with Crippen LogP contribution in [0, 0.1) is 11.8 Å². The predicted octanol–water partition coefficient (Wildman–Crippen LogP) is 3.78. The number of alkyl halides is 3. The van der Waals surface area contributed by atoms with Crippen molar-refractivity contribution in [3.63, 3.8) is 0 Å². The largest absolute Gasteiger partial charge is 0.481 e. The molecule has 0 saturated heterocycles. The molecule has 0 radical (unpaired) electrons. The second-order valence-corrected chi connectivity index (χ2v) is 5.31. The van der Waals surface area contributed by atoms with Crippen molar-refractivity contribution in [1.82, 2.24) is 0 Å². The number of Topliss-reactive ketones (excluding diaryl/α,β-unsaturated/α-hetero) is 1. The van der Waals surface area contributed by atoms with E-state index >= 15 is 0 Å². The molecule has 3 nitrogen and oxygen atoms in total. The Bertz CT molecular complexity index is 551. The van der Waals surface area contributed by atoms with Crippen LogP contribution in [0.3, 0.4) is 0 Å². The number of aliphatic carboxylic acids is 1. The molecule has 0 unspecified atom stereocenters. The van der Waals surface area contributed by atoms with E-state index in [1.54, 1.807) is 0 Å². The topological polar surface area (TPSA) is 54.4 Å². The van der Waals surface area contributed by atoms with Crippen LogP contribution in [0.2, 0.25) is 0 Å². The molecule has 0 spiro atoms. The van der Waals surface area contributed by atoms with E-state index in [2.05, 4.69) is 0 Å². The van der Waals surface area contributed by atoms with Crippen LogP contribution in [-0.2, 0) is 11.0 Å². The summed E-state index contributed by atoms with van der Waals surface area (Å²) in [4.78, 5) is 23.2. The number of carboxylic acids is 1. The summed E-state index contributed by atoms with van der Waals surface area (Å²) >= 11 is 0. The van der Waals surface area contributed by atoms with Crippen LogP contribution in [0.5, 0.6) is 0 Å². The zero-order valence-corrected chi connectivity index (χ0v) is 11.2. The summed E-state index contributed by atoms with van der Waals surface area (Å²) in [5.74, 6) is -2.63. The van der Waals surface area contributed by atoms with Crippen LogP contribution < -0.4 is 0 Å². The monoisotopic (exact) mass is 300 g/mol. The van der Waals surface area contributed by atoms with Gasteiger partial charge in [0, 0.05) is 12.0 Å². The van der Waals surface area contributed by atoms with Crippen LogP contribution in [0.15, 0.2) is 24.3 Å². The average Bonchev–Trinajstić information content (AvgIpc) is 2.86. The highest BCUT2D eigenvalue weighted by molar-refractivity contribution is 5.98. The van der Waals surface area contributed by atoms with Gasteiger partial charge in [-0.25, -0.2) is 0 Å². The highest BCUT2D eigenvalue weighted by Crippen LogP contribution is 2.37. The molecule has 2 rings (SSSR count). The van der Waals surface area contributed by atoms with E-state index in [9.17, 15) is 22.8 Å². The van der Waals surface area contributed by atoms with Gasteiger partial charge in [-0.2, -0.15) is 13.2 Å². The van der Waals surface area contributed by atoms with Crippen LogP contribution in [-0.4, -0.2) is 16.9 Å². The van der Waals surface area contributed by atoms with E-state index in [1.165, 1.54) is 12.1 Å². The predicted molar refractivity (Wildman–Crippen MR) is 68.9 cm³/mol. The lowest BCUT2D eigenvalue weighted by Crippen LogP contribution is -2.22. The third kappa shape index (κ3) is 3.43.